The molecule has 0 aliphatic heterocycles. The quantitative estimate of drug-likeness (QED) is 0.713. The van der Waals surface area contributed by atoms with E-state index in [9.17, 15) is 0 Å². The zero-order chi connectivity index (χ0) is 13.1. The number of ether oxygens (including phenoxy) is 1. The predicted octanol–water partition coefficient (Wildman–Crippen LogP) is 2.20. The Kier molecular flexibility index (Phi) is 2.89. The second kappa shape index (κ2) is 4.85. The van der Waals surface area contributed by atoms with Crippen LogP contribution in [0.2, 0.25) is 0 Å². The maximum Gasteiger partial charge on any atom is 0.259 e. The standard InChI is InChI=1S/C13H10N4O2/c1-18-10-6-9(7-14-8-10)13-16-12(17-19-13)11-4-2-3-5-15-11/h2-8H,1H3. The fraction of sp³-hybridized carbons (Fsp3) is 0.0769. The minimum Gasteiger partial charge on any atom is -0.495 e. The highest BCUT2D eigenvalue weighted by Gasteiger charge is 2.12. The Labute approximate surface area is 109 Å². The first-order valence-electron chi connectivity index (χ1n) is 5.61. The summed E-state index contributed by atoms with van der Waals surface area (Å²) in [5.41, 5.74) is 1.36. The molecule has 0 N–H and O–H groups in total. The van der Waals surface area contributed by atoms with E-state index in [4.69, 9.17) is 9.26 Å². The summed E-state index contributed by atoms with van der Waals surface area (Å²) in [6.07, 6.45) is 4.93. The molecule has 0 unspecified atom stereocenters. The molecule has 0 saturated carbocycles. The van der Waals surface area contributed by atoms with Gasteiger partial charge in [0.25, 0.3) is 5.89 Å². The van der Waals surface area contributed by atoms with Crippen molar-refractivity contribution >= 4 is 0 Å². The summed E-state index contributed by atoms with van der Waals surface area (Å²) >= 11 is 0. The molecule has 19 heavy (non-hydrogen) atoms. The molecule has 0 amide bonds. The average molecular weight is 254 g/mol. The number of methoxy groups -OCH3 is 1. The van der Waals surface area contributed by atoms with Crippen LogP contribution in [0.25, 0.3) is 23.0 Å². The molecule has 0 atom stereocenters. The smallest absolute Gasteiger partial charge is 0.259 e. The lowest BCUT2D eigenvalue weighted by molar-refractivity contribution is 0.411. The topological polar surface area (TPSA) is 73.9 Å². The van der Waals surface area contributed by atoms with Crippen molar-refractivity contribution in [3.8, 4) is 28.7 Å². The minimum absolute atomic E-state index is 0.382. The molecule has 0 aliphatic rings. The van der Waals surface area contributed by atoms with E-state index in [1.807, 2.05) is 18.2 Å². The van der Waals surface area contributed by atoms with E-state index >= 15 is 0 Å². The van der Waals surface area contributed by atoms with Crippen LogP contribution in [0.5, 0.6) is 5.75 Å². The van der Waals surface area contributed by atoms with Gasteiger partial charge in [-0.05, 0) is 18.2 Å². The van der Waals surface area contributed by atoms with Gasteiger partial charge in [-0.25, -0.2) is 0 Å². The molecule has 0 bridgehead atoms. The van der Waals surface area contributed by atoms with Crippen LogP contribution in [0.1, 0.15) is 0 Å². The van der Waals surface area contributed by atoms with Gasteiger partial charge < -0.3 is 9.26 Å². The van der Waals surface area contributed by atoms with E-state index in [1.54, 1.807) is 31.8 Å². The number of nitrogens with zero attached hydrogens (tertiary/aromatic N) is 4. The predicted molar refractivity (Wildman–Crippen MR) is 67.3 cm³/mol. The zero-order valence-corrected chi connectivity index (χ0v) is 10.1. The van der Waals surface area contributed by atoms with Crippen LogP contribution in [0, 0.1) is 0 Å². The second-order valence-corrected chi connectivity index (χ2v) is 3.75. The molecule has 6 nitrogen and oxygen atoms in total. The highest BCUT2D eigenvalue weighted by Crippen LogP contribution is 2.23. The number of rotatable bonds is 3. The molecule has 3 aromatic heterocycles. The van der Waals surface area contributed by atoms with Crippen LogP contribution in [0.4, 0.5) is 0 Å². The molecule has 0 aliphatic carbocycles. The summed E-state index contributed by atoms with van der Waals surface area (Å²) in [6, 6.07) is 7.29. The van der Waals surface area contributed by atoms with Gasteiger partial charge in [-0.3, -0.25) is 9.97 Å². The highest BCUT2D eigenvalue weighted by molar-refractivity contribution is 5.57. The summed E-state index contributed by atoms with van der Waals surface area (Å²) in [6.45, 7) is 0. The third-order valence-electron chi connectivity index (χ3n) is 2.52. The van der Waals surface area contributed by atoms with Crippen molar-refractivity contribution in [2.24, 2.45) is 0 Å². The van der Waals surface area contributed by atoms with Crippen molar-refractivity contribution in [3.05, 3.63) is 42.9 Å². The van der Waals surface area contributed by atoms with E-state index in [1.165, 1.54) is 0 Å². The molecule has 94 valence electrons. The van der Waals surface area contributed by atoms with Crippen LogP contribution < -0.4 is 4.74 Å². The third-order valence-corrected chi connectivity index (χ3v) is 2.52. The maximum absolute atomic E-state index is 5.21. The molecule has 3 heterocycles. The Bertz CT molecular complexity index is 682. The maximum atomic E-state index is 5.21. The van der Waals surface area contributed by atoms with Gasteiger partial charge in [0.1, 0.15) is 11.4 Å². The summed E-state index contributed by atoms with van der Waals surface area (Å²) < 4.78 is 10.3. The second-order valence-electron chi connectivity index (χ2n) is 3.75. The first-order chi connectivity index (χ1) is 9.36. The summed E-state index contributed by atoms with van der Waals surface area (Å²) in [5.74, 6) is 1.46. The van der Waals surface area contributed by atoms with Crippen molar-refractivity contribution in [2.45, 2.75) is 0 Å². The van der Waals surface area contributed by atoms with E-state index in [0.29, 0.717) is 28.7 Å². The summed E-state index contributed by atoms with van der Waals surface area (Å²) in [7, 11) is 1.58. The molecular formula is C13H10N4O2. The molecule has 3 rings (SSSR count). The van der Waals surface area contributed by atoms with Gasteiger partial charge in [0.05, 0.1) is 18.9 Å². The van der Waals surface area contributed by atoms with Crippen LogP contribution >= 0.6 is 0 Å². The molecule has 0 spiro atoms. The first-order valence-corrected chi connectivity index (χ1v) is 5.61. The van der Waals surface area contributed by atoms with Crippen molar-refractivity contribution in [3.63, 3.8) is 0 Å². The van der Waals surface area contributed by atoms with Crippen molar-refractivity contribution in [2.75, 3.05) is 7.11 Å². The monoisotopic (exact) mass is 254 g/mol. The lowest BCUT2D eigenvalue weighted by Gasteiger charge is -1.98. The van der Waals surface area contributed by atoms with E-state index in [2.05, 4.69) is 20.1 Å². The van der Waals surface area contributed by atoms with Crippen molar-refractivity contribution in [1.29, 1.82) is 0 Å². The van der Waals surface area contributed by atoms with Gasteiger partial charge in [-0.1, -0.05) is 11.2 Å². The lowest BCUT2D eigenvalue weighted by Crippen LogP contribution is -1.87. The van der Waals surface area contributed by atoms with Gasteiger partial charge >= 0.3 is 0 Å². The summed E-state index contributed by atoms with van der Waals surface area (Å²) in [5, 5.41) is 3.90. The van der Waals surface area contributed by atoms with Crippen molar-refractivity contribution < 1.29 is 9.26 Å². The summed E-state index contributed by atoms with van der Waals surface area (Å²) in [4.78, 5) is 12.5. The Morgan fingerprint density at radius 3 is 2.95 bits per heavy atom. The molecule has 0 saturated heterocycles. The molecule has 3 aromatic rings. The Hall–Kier alpha value is -2.76. The van der Waals surface area contributed by atoms with Gasteiger partial charge in [0.15, 0.2) is 0 Å². The van der Waals surface area contributed by atoms with Gasteiger partial charge in [0, 0.05) is 12.4 Å². The lowest BCUT2D eigenvalue weighted by atomic mass is 10.3. The van der Waals surface area contributed by atoms with Crippen LogP contribution in [0.3, 0.4) is 0 Å². The normalized spacial score (nSPS) is 10.4. The SMILES string of the molecule is COc1cncc(-c2nc(-c3ccccn3)no2)c1. The fourth-order valence-electron chi connectivity index (χ4n) is 1.59. The largest absolute Gasteiger partial charge is 0.495 e. The zero-order valence-electron chi connectivity index (χ0n) is 10.1. The van der Waals surface area contributed by atoms with Crippen molar-refractivity contribution in [1.82, 2.24) is 20.1 Å². The fourth-order valence-corrected chi connectivity index (χ4v) is 1.59. The number of hydrogen-bond acceptors (Lipinski definition) is 6. The molecule has 0 radical (unpaired) electrons. The number of aromatic nitrogens is 4. The Morgan fingerprint density at radius 2 is 2.16 bits per heavy atom. The van der Waals surface area contributed by atoms with Crippen LogP contribution in [-0.4, -0.2) is 27.2 Å². The molecule has 0 fully saturated rings. The van der Waals surface area contributed by atoms with Crippen LogP contribution in [-0.2, 0) is 0 Å². The number of hydrogen-bond donors (Lipinski definition) is 0. The molecule has 6 heteroatoms. The average Bonchev–Trinajstić information content (AvgIpc) is 2.98. The van der Waals surface area contributed by atoms with Gasteiger partial charge in [-0.2, -0.15) is 4.98 Å². The van der Waals surface area contributed by atoms with E-state index < -0.39 is 0 Å². The number of pyridine rings is 2. The molecule has 0 aromatic carbocycles. The van der Waals surface area contributed by atoms with Gasteiger partial charge in [-0.15, -0.1) is 0 Å². The van der Waals surface area contributed by atoms with Gasteiger partial charge in [0.2, 0.25) is 5.82 Å². The Balaban J connectivity index is 1.97. The highest BCUT2D eigenvalue weighted by atomic mass is 16.5. The van der Waals surface area contributed by atoms with Crippen LogP contribution in [0.15, 0.2) is 47.4 Å². The first kappa shape index (κ1) is 11.3. The Morgan fingerprint density at radius 1 is 1.21 bits per heavy atom. The minimum atomic E-state index is 0.382. The third kappa shape index (κ3) is 2.28. The van der Waals surface area contributed by atoms with E-state index in [-0.39, 0.29) is 0 Å². The van der Waals surface area contributed by atoms with E-state index in [0.717, 1.165) is 0 Å². The molecular weight excluding hydrogens is 244 g/mol.